The number of methoxy groups -OCH3 is 1. The number of hydrogen-bond acceptors (Lipinski definition) is 4. The van der Waals surface area contributed by atoms with Gasteiger partial charge in [0.2, 0.25) is 6.29 Å². The third-order valence-corrected chi connectivity index (χ3v) is 3.52. The van der Waals surface area contributed by atoms with Gasteiger partial charge in [0, 0.05) is 6.08 Å². The van der Waals surface area contributed by atoms with Crippen LogP contribution in [-0.4, -0.2) is 25.8 Å². The maximum absolute atomic E-state index is 12.1. The van der Waals surface area contributed by atoms with Crippen molar-refractivity contribution in [3.8, 4) is 5.75 Å². The van der Waals surface area contributed by atoms with Gasteiger partial charge in [-0.2, -0.15) is 0 Å². The van der Waals surface area contributed by atoms with Crippen LogP contribution in [0.1, 0.15) is 18.4 Å². The molecule has 1 aromatic rings. The van der Waals surface area contributed by atoms with Gasteiger partial charge in [0.25, 0.3) is 0 Å². The smallest absolute Gasteiger partial charge is 0.210 e. The minimum absolute atomic E-state index is 0.0804. The van der Waals surface area contributed by atoms with Gasteiger partial charge in [-0.25, -0.2) is 0 Å². The molecule has 0 spiro atoms. The predicted molar refractivity (Wildman–Crippen MR) is 69.5 cm³/mol. The number of para-hydroxylation sites is 1. The lowest BCUT2D eigenvalue weighted by Crippen LogP contribution is -2.39. The van der Waals surface area contributed by atoms with E-state index in [0.29, 0.717) is 18.1 Å². The van der Waals surface area contributed by atoms with Gasteiger partial charge >= 0.3 is 0 Å². The van der Waals surface area contributed by atoms with Crippen molar-refractivity contribution >= 4 is 11.5 Å². The zero-order valence-electron chi connectivity index (χ0n) is 10.8. The van der Waals surface area contributed by atoms with Crippen LogP contribution in [0.4, 0.5) is 0 Å². The Morgan fingerprint density at radius 2 is 2.16 bits per heavy atom. The van der Waals surface area contributed by atoms with Crippen LogP contribution in [0.3, 0.4) is 0 Å². The number of ether oxygens (including phenoxy) is 3. The molecule has 0 saturated carbocycles. The summed E-state index contributed by atoms with van der Waals surface area (Å²) in [4.78, 5) is 12.1. The summed E-state index contributed by atoms with van der Waals surface area (Å²) in [6, 6.07) is 7.49. The maximum atomic E-state index is 12.1. The molecule has 19 heavy (non-hydrogen) atoms. The number of allylic oxidation sites excluding steroid dienone is 1. The van der Waals surface area contributed by atoms with E-state index in [2.05, 4.69) is 0 Å². The Balaban J connectivity index is 1.95. The molecule has 0 radical (unpaired) electrons. The second-order valence-electron chi connectivity index (χ2n) is 4.72. The molecule has 0 unspecified atom stereocenters. The number of carbonyl (C=O) groups excluding carboxylic acids is 1. The lowest BCUT2D eigenvalue weighted by molar-refractivity contribution is -0.169. The standard InChI is InChI=1S/C15H16O4/c1-17-13-7-3-2-5-11(13)14-9-12(16)10-6-4-8-18-15(10)19-14/h2-3,5,7,9-10,15H,4,6,8H2,1H3/t10-,15-/m0/s1. The van der Waals surface area contributed by atoms with Crippen LogP contribution in [0.2, 0.25) is 0 Å². The zero-order valence-corrected chi connectivity index (χ0v) is 10.8. The molecule has 2 aliphatic heterocycles. The highest BCUT2D eigenvalue weighted by atomic mass is 16.7. The number of rotatable bonds is 2. The highest BCUT2D eigenvalue weighted by molar-refractivity contribution is 5.99. The van der Waals surface area contributed by atoms with Gasteiger partial charge < -0.3 is 14.2 Å². The third kappa shape index (κ3) is 2.24. The zero-order chi connectivity index (χ0) is 13.2. The van der Waals surface area contributed by atoms with Crippen molar-refractivity contribution in [3.63, 3.8) is 0 Å². The van der Waals surface area contributed by atoms with Crippen molar-refractivity contribution in [3.05, 3.63) is 35.9 Å². The molecule has 0 N–H and O–H groups in total. The number of carbonyl (C=O) groups is 1. The Hall–Kier alpha value is -1.81. The SMILES string of the molecule is COc1ccccc1C1=CC(=O)[C@@H]2CCCO[C@H]2O1. The lowest BCUT2D eigenvalue weighted by Gasteiger charge is -2.34. The molecule has 2 atom stereocenters. The Morgan fingerprint density at radius 3 is 3.00 bits per heavy atom. The second kappa shape index (κ2) is 5.05. The number of ketones is 1. The van der Waals surface area contributed by atoms with E-state index in [4.69, 9.17) is 14.2 Å². The first-order valence-corrected chi connectivity index (χ1v) is 6.47. The summed E-state index contributed by atoms with van der Waals surface area (Å²) in [5.41, 5.74) is 0.783. The fraction of sp³-hybridized carbons (Fsp3) is 0.400. The maximum Gasteiger partial charge on any atom is 0.210 e. The molecule has 0 bridgehead atoms. The number of hydrogen-bond donors (Lipinski definition) is 0. The summed E-state index contributed by atoms with van der Waals surface area (Å²) in [5, 5.41) is 0. The van der Waals surface area contributed by atoms with Crippen LogP contribution < -0.4 is 4.74 Å². The molecule has 100 valence electrons. The number of fused-ring (bicyclic) bond motifs is 1. The highest BCUT2D eigenvalue weighted by Crippen LogP contribution is 2.35. The van der Waals surface area contributed by atoms with Crippen LogP contribution >= 0.6 is 0 Å². The molecule has 1 fully saturated rings. The quantitative estimate of drug-likeness (QED) is 0.819. The average Bonchev–Trinajstić information content (AvgIpc) is 2.47. The van der Waals surface area contributed by atoms with Crippen molar-refractivity contribution in [2.45, 2.75) is 19.1 Å². The molecule has 0 amide bonds. The van der Waals surface area contributed by atoms with Crippen LogP contribution in [0.5, 0.6) is 5.75 Å². The lowest BCUT2D eigenvalue weighted by atomic mass is 9.92. The van der Waals surface area contributed by atoms with Gasteiger partial charge in [-0.05, 0) is 25.0 Å². The van der Waals surface area contributed by atoms with Crippen LogP contribution in [0.25, 0.3) is 5.76 Å². The Bertz CT molecular complexity index is 521. The van der Waals surface area contributed by atoms with Gasteiger partial charge in [0.1, 0.15) is 11.5 Å². The molecule has 3 rings (SSSR count). The molecular weight excluding hydrogens is 244 g/mol. The summed E-state index contributed by atoms with van der Waals surface area (Å²) in [6.45, 7) is 0.646. The van der Waals surface area contributed by atoms with E-state index in [1.807, 2.05) is 24.3 Å². The fourth-order valence-corrected chi connectivity index (χ4v) is 2.53. The van der Waals surface area contributed by atoms with E-state index < -0.39 is 6.29 Å². The first-order valence-electron chi connectivity index (χ1n) is 6.47. The van der Waals surface area contributed by atoms with Crippen molar-refractivity contribution in [2.24, 2.45) is 5.92 Å². The third-order valence-electron chi connectivity index (χ3n) is 3.52. The summed E-state index contributed by atoms with van der Waals surface area (Å²) in [6.07, 6.45) is 2.85. The minimum atomic E-state index is -0.453. The fourth-order valence-electron chi connectivity index (χ4n) is 2.53. The van der Waals surface area contributed by atoms with E-state index in [1.165, 1.54) is 0 Å². The van der Waals surface area contributed by atoms with E-state index in [-0.39, 0.29) is 11.7 Å². The van der Waals surface area contributed by atoms with E-state index in [9.17, 15) is 4.79 Å². The molecule has 0 aliphatic carbocycles. The molecule has 2 aliphatic rings. The van der Waals surface area contributed by atoms with Crippen molar-refractivity contribution in [2.75, 3.05) is 13.7 Å². The van der Waals surface area contributed by atoms with Gasteiger partial charge in [-0.1, -0.05) is 12.1 Å². The molecule has 1 saturated heterocycles. The van der Waals surface area contributed by atoms with Crippen LogP contribution in [-0.2, 0) is 14.3 Å². The minimum Gasteiger partial charge on any atom is -0.496 e. The molecule has 4 nitrogen and oxygen atoms in total. The van der Waals surface area contributed by atoms with E-state index in [1.54, 1.807) is 13.2 Å². The second-order valence-corrected chi connectivity index (χ2v) is 4.72. The van der Waals surface area contributed by atoms with Gasteiger partial charge in [-0.3, -0.25) is 4.79 Å². The van der Waals surface area contributed by atoms with Crippen molar-refractivity contribution in [1.82, 2.24) is 0 Å². The number of benzene rings is 1. The van der Waals surface area contributed by atoms with Gasteiger partial charge in [0.05, 0.1) is 25.2 Å². The van der Waals surface area contributed by atoms with Gasteiger partial charge in [-0.15, -0.1) is 0 Å². The Morgan fingerprint density at radius 1 is 1.32 bits per heavy atom. The van der Waals surface area contributed by atoms with Crippen LogP contribution in [0, 0.1) is 5.92 Å². The highest BCUT2D eigenvalue weighted by Gasteiger charge is 2.37. The molecular formula is C15H16O4. The molecule has 0 aromatic heterocycles. The molecule has 2 heterocycles. The summed E-state index contributed by atoms with van der Waals surface area (Å²) < 4.78 is 16.7. The normalized spacial score (nSPS) is 26.2. The summed E-state index contributed by atoms with van der Waals surface area (Å²) in [5.74, 6) is 1.14. The first kappa shape index (κ1) is 12.2. The molecule has 1 aromatic carbocycles. The first-order chi connectivity index (χ1) is 9.29. The van der Waals surface area contributed by atoms with Crippen molar-refractivity contribution in [1.29, 1.82) is 0 Å². The Labute approximate surface area is 112 Å². The summed E-state index contributed by atoms with van der Waals surface area (Å²) >= 11 is 0. The Kier molecular flexibility index (Phi) is 3.25. The monoisotopic (exact) mass is 260 g/mol. The van der Waals surface area contributed by atoms with E-state index >= 15 is 0 Å². The average molecular weight is 260 g/mol. The van der Waals surface area contributed by atoms with E-state index in [0.717, 1.165) is 18.4 Å². The molecule has 4 heteroatoms. The summed E-state index contributed by atoms with van der Waals surface area (Å²) in [7, 11) is 1.60. The van der Waals surface area contributed by atoms with Crippen LogP contribution in [0.15, 0.2) is 30.3 Å². The largest absolute Gasteiger partial charge is 0.496 e. The predicted octanol–water partition coefficient (Wildman–Crippen LogP) is 2.39. The van der Waals surface area contributed by atoms with Crippen molar-refractivity contribution < 1.29 is 19.0 Å². The van der Waals surface area contributed by atoms with Gasteiger partial charge in [0.15, 0.2) is 5.78 Å². The topological polar surface area (TPSA) is 44.8 Å².